The summed E-state index contributed by atoms with van der Waals surface area (Å²) in [5.41, 5.74) is 0.491. The number of hydrogen-bond donors (Lipinski definition) is 1. The number of rotatable bonds is 5. The number of imidazole rings is 1. The van der Waals surface area contributed by atoms with Gasteiger partial charge in [0, 0.05) is 29.4 Å². The van der Waals surface area contributed by atoms with E-state index in [1.54, 1.807) is 30.5 Å². The van der Waals surface area contributed by atoms with Crippen molar-refractivity contribution >= 4 is 39.1 Å². The fourth-order valence-corrected chi connectivity index (χ4v) is 4.36. The van der Waals surface area contributed by atoms with Crippen LogP contribution in [-0.2, 0) is 17.1 Å². The number of nitrogens with zero attached hydrogens (tertiary/aromatic N) is 2. The average molecular weight is 380 g/mol. The number of benzene rings is 2. The van der Waals surface area contributed by atoms with Crippen LogP contribution in [0.2, 0.25) is 5.02 Å². The molecule has 3 aromatic rings. The van der Waals surface area contributed by atoms with E-state index in [0.717, 1.165) is 10.1 Å². The molecule has 8 heteroatoms. The molecule has 5 nitrogen and oxygen atoms in total. The van der Waals surface area contributed by atoms with Gasteiger partial charge in [0.2, 0.25) is 0 Å². The minimum absolute atomic E-state index is 0.117. The molecule has 0 aliphatic heterocycles. The predicted octanol–water partition coefficient (Wildman–Crippen LogP) is 4.03. The number of hydrogen-bond acceptors (Lipinski definition) is 4. The van der Waals surface area contributed by atoms with Crippen LogP contribution in [0.15, 0.2) is 75.9 Å². The Morgan fingerprint density at radius 1 is 1.17 bits per heavy atom. The first-order valence-corrected chi connectivity index (χ1v) is 9.66. The molecule has 0 unspecified atom stereocenters. The summed E-state index contributed by atoms with van der Waals surface area (Å²) in [6.45, 7) is 0. The number of anilines is 1. The van der Waals surface area contributed by atoms with E-state index in [4.69, 9.17) is 11.6 Å². The number of aryl methyl sites for hydroxylation is 1. The second-order valence-electron chi connectivity index (χ2n) is 4.98. The molecule has 3 rings (SSSR count). The lowest BCUT2D eigenvalue weighted by molar-refractivity contribution is 0.601. The first-order chi connectivity index (χ1) is 11.5. The van der Waals surface area contributed by atoms with Gasteiger partial charge in [-0.2, -0.15) is 0 Å². The molecule has 0 radical (unpaired) electrons. The van der Waals surface area contributed by atoms with Crippen molar-refractivity contribution in [2.45, 2.75) is 14.9 Å². The summed E-state index contributed by atoms with van der Waals surface area (Å²) in [4.78, 5) is 5.13. The molecule has 0 aliphatic carbocycles. The van der Waals surface area contributed by atoms with Gasteiger partial charge in [0.05, 0.1) is 10.6 Å². The fourth-order valence-electron chi connectivity index (χ4n) is 2.03. The maximum Gasteiger partial charge on any atom is 0.261 e. The van der Waals surface area contributed by atoms with Crippen LogP contribution in [-0.4, -0.2) is 18.0 Å². The Hall–Kier alpha value is -1.96. The molecule has 0 bridgehead atoms. The van der Waals surface area contributed by atoms with Crippen LogP contribution in [0.4, 0.5) is 5.69 Å². The highest BCUT2D eigenvalue weighted by molar-refractivity contribution is 7.99. The topological polar surface area (TPSA) is 64.0 Å². The number of aromatic nitrogens is 2. The van der Waals surface area contributed by atoms with E-state index in [-0.39, 0.29) is 4.90 Å². The van der Waals surface area contributed by atoms with E-state index in [0.29, 0.717) is 10.7 Å². The van der Waals surface area contributed by atoms with Crippen LogP contribution in [0.1, 0.15) is 0 Å². The molecule has 2 aromatic carbocycles. The highest BCUT2D eigenvalue weighted by Gasteiger charge is 2.17. The molecule has 0 amide bonds. The van der Waals surface area contributed by atoms with E-state index >= 15 is 0 Å². The molecule has 0 saturated heterocycles. The molecular weight excluding hydrogens is 366 g/mol. The molecule has 1 heterocycles. The molecule has 1 aromatic heterocycles. The molecule has 24 heavy (non-hydrogen) atoms. The molecule has 0 atom stereocenters. The van der Waals surface area contributed by atoms with Crippen LogP contribution in [0, 0.1) is 0 Å². The van der Waals surface area contributed by atoms with Crippen molar-refractivity contribution in [1.82, 2.24) is 9.55 Å². The summed E-state index contributed by atoms with van der Waals surface area (Å²) in [6.07, 6.45) is 3.53. The van der Waals surface area contributed by atoms with Gasteiger partial charge < -0.3 is 4.57 Å². The highest BCUT2D eigenvalue weighted by atomic mass is 35.5. The summed E-state index contributed by atoms with van der Waals surface area (Å²) in [5, 5.41) is 1.14. The van der Waals surface area contributed by atoms with Crippen molar-refractivity contribution in [2.24, 2.45) is 7.05 Å². The number of halogens is 1. The summed E-state index contributed by atoms with van der Waals surface area (Å²) in [6, 6.07) is 13.3. The van der Waals surface area contributed by atoms with Crippen LogP contribution in [0.5, 0.6) is 0 Å². The molecular formula is C16H14ClN3O2S2. The summed E-state index contributed by atoms with van der Waals surface area (Å²) >= 11 is 7.28. The van der Waals surface area contributed by atoms with Crippen molar-refractivity contribution in [3.05, 3.63) is 65.9 Å². The first kappa shape index (κ1) is 16.9. The summed E-state index contributed by atoms with van der Waals surface area (Å²) in [7, 11) is -1.84. The van der Waals surface area contributed by atoms with Gasteiger partial charge in [0.15, 0.2) is 5.16 Å². The summed E-state index contributed by atoms with van der Waals surface area (Å²) < 4.78 is 29.6. The second-order valence-corrected chi connectivity index (χ2v) is 8.11. The molecule has 0 aliphatic rings. The van der Waals surface area contributed by atoms with Crippen molar-refractivity contribution in [3.63, 3.8) is 0 Å². The van der Waals surface area contributed by atoms with E-state index in [1.165, 1.54) is 23.9 Å². The van der Waals surface area contributed by atoms with Crippen LogP contribution in [0.3, 0.4) is 0 Å². The maximum atomic E-state index is 12.6. The monoisotopic (exact) mass is 379 g/mol. The number of nitrogens with one attached hydrogen (secondary N) is 1. The third-order valence-electron chi connectivity index (χ3n) is 3.22. The van der Waals surface area contributed by atoms with Crippen molar-refractivity contribution < 1.29 is 8.42 Å². The Labute approximate surface area is 149 Å². The third kappa shape index (κ3) is 3.75. The fraction of sp³-hybridized carbons (Fsp3) is 0.0625. The standard InChI is InChI=1S/C16H14ClN3O2S2/c1-20-10-9-18-16(20)23-15-8-3-2-7-14(15)19-24(21,22)13-6-4-5-12(17)11-13/h2-11,19H,1H3. The Bertz CT molecular complexity index is 971. The van der Waals surface area contributed by atoms with Gasteiger partial charge in [-0.3, -0.25) is 4.72 Å². The van der Waals surface area contributed by atoms with Gasteiger partial charge in [-0.05, 0) is 42.1 Å². The van der Waals surface area contributed by atoms with Gasteiger partial charge in [-0.25, -0.2) is 13.4 Å². The van der Waals surface area contributed by atoms with Gasteiger partial charge in [0.25, 0.3) is 10.0 Å². The highest BCUT2D eigenvalue weighted by Crippen LogP contribution is 2.33. The van der Waals surface area contributed by atoms with Gasteiger partial charge >= 0.3 is 0 Å². The lowest BCUT2D eigenvalue weighted by atomic mass is 10.3. The average Bonchev–Trinajstić information content (AvgIpc) is 2.94. The van der Waals surface area contributed by atoms with E-state index < -0.39 is 10.0 Å². The minimum Gasteiger partial charge on any atom is -0.329 e. The van der Waals surface area contributed by atoms with Crippen molar-refractivity contribution in [3.8, 4) is 0 Å². The van der Waals surface area contributed by atoms with Crippen molar-refractivity contribution in [1.29, 1.82) is 0 Å². The number of para-hydroxylation sites is 1. The SMILES string of the molecule is Cn1ccnc1Sc1ccccc1NS(=O)(=O)c1cccc(Cl)c1. The van der Waals surface area contributed by atoms with E-state index in [9.17, 15) is 8.42 Å². The molecule has 124 valence electrons. The van der Waals surface area contributed by atoms with Gasteiger partial charge in [-0.1, -0.05) is 29.8 Å². The van der Waals surface area contributed by atoms with Crippen LogP contribution in [0.25, 0.3) is 0 Å². The third-order valence-corrected chi connectivity index (χ3v) is 5.97. The first-order valence-electron chi connectivity index (χ1n) is 6.98. The molecule has 0 spiro atoms. The second kappa shape index (κ2) is 6.88. The maximum absolute atomic E-state index is 12.6. The van der Waals surface area contributed by atoms with Crippen LogP contribution >= 0.6 is 23.4 Å². The quantitative estimate of drug-likeness (QED) is 0.727. The number of sulfonamides is 1. The van der Waals surface area contributed by atoms with E-state index in [2.05, 4.69) is 9.71 Å². The predicted molar refractivity (Wildman–Crippen MR) is 96.0 cm³/mol. The Morgan fingerprint density at radius 3 is 2.67 bits per heavy atom. The zero-order chi connectivity index (χ0) is 17.2. The van der Waals surface area contributed by atoms with Gasteiger partial charge in [-0.15, -0.1) is 0 Å². The normalized spacial score (nSPS) is 11.4. The minimum atomic E-state index is -3.72. The lowest BCUT2D eigenvalue weighted by Gasteiger charge is -2.12. The Kier molecular flexibility index (Phi) is 4.84. The largest absolute Gasteiger partial charge is 0.329 e. The molecule has 0 fully saturated rings. The molecule has 0 saturated carbocycles. The van der Waals surface area contributed by atoms with Gasteiger partial charge in [0.1, 0.15) is 0 Å². The summed E-state index contributed by atoms with van der Waals surface area (Å²) in [5.74, 6) is 0. The lowest BCUT2D eigenvalue weighted by Crippen LogP contribution is -2.13. The smallest absolute Gasteiger partial charge is 0.261 e. The Morgan fingerprint density at radius 2 is 1.96 bits per heavy atom. The van der Waals surface area contributed by atoms with Crippen LogP contribution < -0.4 is 4.72 Å². The van der Waals surface area contributed by atoms with E-state index in [1.807, 2.05) is 29.9 Å². The van der Waals surface area contributed by atoms with Crippen molar-refractivity contribution in [2.75, 3.05) is 4.72 Å². The Balaban J connectivity index is 1.92. The zero-order valence-electron chi connectivity index (χ0n) is 12.7. The molecule has 1 N–H and O–H groups in total. The zero-order valence-corrected chi connectivity index (χ0v) is 15.1.